The molecule has 0 amide bonds. The first-order chi connectivity index (χ1) is 9.08. The summed E-state index contributed by atoms with van der Waals surface area (Å²) >= 11 is 9.13. The molecule has 1 heterocycles. The van der Waals surface area contributed by atoms with Gasteiger partial charge in [0.2, 0.25) is 0 Å². The van der Waals surface area contributed by atoms with Crippen LogP contribution in [0.15, 0.2) is 40.9 Å². The zero-order chi connectivity index (χ0) is 13.6. The van der Waals surface area contributed by atoms with Crippen LogP contribution in [0.5, 0.6) is 0 Å². The Bertz CT molecular complexity index is 786. The van der Waals surface area contributed by atoms with Gasteiger partial charge in [0, 0.05) is 15.1 Å². The van der Waals surface area contributed by atoms with Crippen molar-refractivity contribution in [1.82, 2.24) is 9.77 Å². The minimum absolute atomic E-state index is 0.00171. The molecule has 96 valence electrons. The predicted octanol–water partition coefficient (Wildman–Crippen LogP) is 4.99. The van der Waals surface area contributed by atoms with Crippen LogP contribution in [0.25, 0.3) is 22.4 Å². The molecule has 3 rings (SSSR count). The van der Waals surface area contributed by atoms with Crippen molar-refractivity contribution in [2.45, 2.75) is 0 Å². The molecule has 3 aromatic rings. The minimum atomic E-state index is -0.555. The van der Waals surface area contributed by atoms with Crippen molar-refractivity contribution in [2.24, 2.45) is 0 Å². The van der Waals surface area contributed by atoms with Gasteiger partial charge in [0.05, 0.1) is 0 Å². The van der Waals surface area contributed by atoms with Crippen LogP contribution in [0.4, 0.5) is 8.87 Å². The normalized spacial score (nSPS) is 11.2. The second kappa shape index (κ2) is 4.58. The van der Waals surface area contributed by atoms with Crippen molar-refractivity contribution in [3.8, 4) is 11.4 Å². The summed E-state index contributed by atoms with van der Waals surface area (Å²) in [4.78, 5) is 4.38. The van der Waals surface area contributed by atoms with E-state index >= 15 is 0 Å². The molecular weight excluding hydrogens is 338 g/mol. The molecule has 0 aliphatic heterocycles. The molecule has 0 unspecified atom stereocenters. The molecule has 0 aliphatic rings. The SMILES string of the molecule is Fc1cccc2c1nc(-c1ccc(Cl)cc1Br)n2F. The minimum Gasteiger partial charge on any atom is -0.223 e. The highest BCUT2D eigenvalue weighted by Crippen LogP contribution is 2.32. The standard InChI is InChI=1S/C13H6BrClF2N2/c14-9-6-7(15)4-5-8(9)13-18-12-10(16)2-1-3-11(12)19(13)17/h1-6H. The average Bonchev–Trinajstić information content (AvgIpc) is 2.69. The summed E-state index contributed by atoms with van der Waals surface area (Å²) in [6.45, 7) is 0. The van der Waals surface area contributed by atoms with E-state index in [0.717, 1.165) is 0 Å². The van der Waals surface area contributed by atoms with Crippen LogP contribution in [0.2, 0.25) is 5.02 Å². The van der Waals surface area contributed by atoms with Crippen molar-refractivity contribution in [2.75, 3.05) is 0 Å². The number of para-hydroxylation sites is 1. The van der Waals surface area contributed by atoms with E-state index < -0.39 is 5.82 Å². The summed E-state index contributed by atoms with van der Waals surface area (Å²) in [6.07, 6.45) is 0. The van der Waals surface area contributed by atoms with Crippen LogP contribution in [-0.4, -0.2) is 9.77 Å². The van der Waals surface area contributed by atoms with Gasteiger partial charge in [-0.1, -0.05) is 22.1 Å². The van der Waals surface area contributed by atoms with Crippen molar-refractivity contribution in [3.05, 3.63) is 51.7 Å². The molecule has 0 fully saturated rings. The summed E-state index contributed by atoms with van der Waals surface area (Å²) in [5, 5.41) is 0.517. The number of nitrogens with zero attached hydrogens (tertiary/aromatic N) is 2. The van der Waals surface area contributed by atoms with E-state index in [9.17, 15) is 8.87 Å². The fourth-order valence-corrected chi connectivity index (χ4v) is 2.73. The summed E-state index contributed by atoms with van der Waals surface area (Å²) in [5.41, 5.74) is 0.598. The van der Waals surface area contributed by atoms with E-state index in [1.165, 1.54) is 18.2 Å². The van der Waals surface area contributed by atoms with Crippen molar-refractivity contribution >= 4 is 38.6 Å². The van der Waals surface area contributed by atoms with Crippen LogP contribution in [0, 0.1) is 5.82 Å². The first kappa shape index (κ1) is 12.6. The molecule has 19 heavy (non-hydrogen) atoms. The van der Waals surface area contributed by atoms with Crippen LogP contribution >= 0.6 is 27.5 Å². The molecule has 0 saturated carbocycles. The van der Waals surface area contributed by atoms with Crippen molar-refractivity contribution in [3.63, 3.8) is 0 Å². The number of hydrogen-bond donors (Lipinski definition) is 0. The van der Waals surface area contributed by atoms with Gasteiger partial charge >= 0.3 is 0 Å². The van der Waals surface area contributed by atoms with Gasteiger partial charge in [0.15, 0.2) is 11.6 Å². The molecule has 0 bridgehead atoms. The first-order valence-corrected chi connectivity index (χ1v) is 6.53. The van der Waals surface area contributed by atoms with Gasteiger partial charge in [-0.2, -0.15) is 4.79 Å². The fraction of sp³-hybridized carbons (Fsp3) is 0. The quantitative estimate of drug-likeness (QED) is 0.608. The lowest BCUT2D eigenvalue weighted by molar-refractivity contribution is 0.391. The molecule has 2 nitrogen and oxygen atoms in total. The Labute approximate surface area is 120 Å². The second-order valence-electron chi connectivity index (χ2n) is 3.95. The smallest absolute Gasteiger partial charge is 0.172 e. The zero-order valence-electron chi connectivity index (χ0n) is 9.37. The third kappa shape index (κ3) is 2.03. The van der Waals surface area contributed by atoms with E-state index in [2.05, 4.69) is 20.9 Å². The molecule has 6 heteroatoms. The van der Waals surface area contributed by atoms with Gasteiger partial charge in [-0.15, -0.1) is 0 Å². The van der Waals surface area contributed by atoms with E-state index in [1.807, 2.05) is 0 Å². The fourth-order valence-electron chi connectivity index (χ4n) is 1.87. The van der Waals surface area contributed by atoms with E-state index in [0.29, 0.717) is 19.8 Å². The monoisotopic (exact) mass is 342 g/mol. The van der Waals surface area contributed by atoms with Crippen LogP contribution < -0.4 is 0 Å². The Hall–Kier alpha value is -1.46. The molecule has 0 atom stereocenters. The molecule has 0 saturated heterocycles. The van der Waals surface area contributed by atoms with E-state index in [-0.39, 0.29) is 16.9 Å². The number of hydrogen-bond acceptors (Lipinski definition) is 1. The van der Waals surface area contributed by atoms with Crippen LogP contribution in [0.3, 0.4) is 0 Å². The van der Waals surface area contributed by atoms with E-state index in [4.69, 9.17) is 11.6 Å². The molecule has 0 aliphatic carbocycles. The molecular formula is C13H6BrClF2N2. The zero-order valence-corrected chi connectivity index (χ0v) is 11.7. The molecule has 1 aromatic heterocycles. The Morgan fingerprint density at radius 3 is 2.68 bits per heavy atom. The van der Waals surface area contributed by atoms with Gasteiger partial charge in [-0.25, -0.2) is 9.37 Å². The highest BCUT2D eigenvalue weighted by Gasteiger charge is 2.17. The Morgan fingerprint density at radius 2 is 2.00 bits per heavy atom. The number of aromatic nitrogens is 2. The Kier molecular flexibility index (Phi) is 3.03. The number of benzene rings is 2. The molecule has 0 radical (unpaired) electrons. The second-order valence-corrected chi connectivity index (χ2v) is 5.24. The van der Waals surface area contributed by atoms with Gasteiger partial charge in [-0.3, -0.25) is 0 Å². The predicted molar refractivity (Wildman–Crippen MR) is 74.3 cm³/mol. The highest BCUT2D eigenvalue weighted by atomic mass is 79.9. The van der Waals surface area contributed by atoms with Gasteiger partial charge in [0.25, 0.3) is 0 Å². The highest BCUT2D eigenvalue weighted by molar-refractivity contribution is 9.10. The summed E-state index contributed by atoms with van der Waals surface area (Å²) in [7, 11) is 0. The number of halogens is 4. The topological polar surface area (TPSA) is 17.8 Å². The largest absolute Gasteiger partial charge is 0.223 e. The Morgan fingerprint density at radius 1 is 1.21 bits per heavy atom. The lowest BCUT2D eigenvalue weighted by Gasteiger charge is -2.02. The number of rotatable bonds is 1. The van der Waals surface area contributed by atoms with Crippen LogP contribution in [-0.2, 0) is 0 Å². The Balaban J connectivity index is 2.31. The van der Waals surface area contributed by atoms with Crippen LogP contribution in [0.1, 0.15) is 0 Å². The molecule has 0 N–H and O–H groups in total. The lowest BCUT2D eigenvalue weighted by atomic mass is 10.2. The van der Waals surface area contributed by atoms with Crippen molar-refractivity contribution in [1.29, 1.82) is 0 Å². The maximum atomic E-state index is 14.2. The average molecular weight is 344 g/mol. The number of fused-ring (bicyclic) bond motifs is 1. The maximum Gasteiger partial charge on any atom is 0.172 e. The summed E-state index contributed by atoms with van der Waals surface area (Å²) in [6, 6.07) is 9.04. The third-order valence-electron chi connectivity index (χ3n) is 2.75. The number of imidazole rings is 1. The van der Waals surface area contributed by atoms with Gasteiger partial charge in [-0.05, 0) is 46.3 Å². The van der Waals surface area contributed by atoms with E-state index in [1.54, 1.807) is 18.2 Å². The first-order valence-electron chi connectivity index (χ1n) is 5.36. The van der Waals surface area contributed by atoms with Gasteiger partial charge in [0.1, 0.15) is 11.0 Å². The molecule has 2 aromatic carbocycles. The molecule has 0 spiro atoms. The summed E-state index contributed by atoms with van der Waals surface area (Å²) in [5.74, 6) is -0.524. The summed E-state index contributed by atoms with van der Waals surface area (Å²) < 4.78 is 28.4. The third-order valence-corrected chi connectivity index (χ3v) is 3.64. The van der Waals surface area contributed by atoms with Gasteiger partial charge < -0.3 is 0 Å². The lowest BCUT2D eigenvalue weighted by Crippen LogP contribution is -1.89. The maximum absolute atomic E-state index is 14.2. The van der Waals surface area contributed by atoms with Crippen molar-refractivity contribution < 1.29 is 8.87 Å².